The maximum Gasteiger partial charge on any atom is 0.323 e. The summed E-state index contributed by atoms with van der Waals surface area (Å²) in [5.74, 6) is 1.24. The van der Waals surface area contributed by atoms with E-state index in [1.807, 2.05) is 28.4 Å². The molecule has 4 aromatic rings. The third kappa shape index (κ3) is 4.25. The molecule has 2 aliphatic rings. The van der Waals surface area contributed by atoms with E-state index in [0.29, 0.717) is 23.7 Å². The summed E-state index contributed by atoms with van der Waals surface area (Å²) in [7, 11) is 3.22. The lowest BCUT2D eigenvalue weighted by molar-refractivity contribution is 0.194. The lowest BCUT2D eigenvalue weighted by atomic mass is 9.95. The van der Waals surface area contributed by atoms with Gasteiger partial charge >= 0.3 is 6.03 Å². The number of hydrogen-bond donors (Lipinski definition) is 1. The second kappa shape index (κ2) is 10.2. The van der Waals surface area contributed by atoms with Crippen LogP contribution in [-0.4, -0.2) is 29.7 Å². The first kappa shape index (κ1) is 24.6. The van der Waals surface area contributed by atoms with Crippen molar-refractivity contribution in [2.45, 2.75) is 51.6 Å². The number of anilines is 1. The van der Waals surface area contributed by atoms with Gasteiger partial charge in [-0.25, -0.2) is 4.79 Å². The minimum absolute atomic E-state index is 0.158. The first-order valence-corrected chi connectivity index (χ1v) is 14.1. The maximum atomic E-state index is 14.2. The van der Waals surface area contributed by atoms with Crippen molar-refractivity contribution in [3.63, 3.8) is 0 Å². The maximum absolute atomic E-state index is 14.2. The fraction of sp³-hybridized carbons (Fsp3) is 0.323. The molecule has 38 heavy (non-hydrogen) atoms. The van der Waals surface area contributed by atoms with E-state index in [4.69, 9.17) is 9.47 Å². The van der Waals surface area contributed by atoms with Gasteiger partial charge in [-0.2, -0.15) is 0 Å². The molecule has 3 heterocycles. The highest BCUT2D eigenvalue weighted by atomic mass is 32.1. The predicted molar refractivity (Wildman–Crippen MR) is 152 cm³/mol. The summed E-state index contributed by atoms with van der Waals surface area (Å²) in [4.78, 5) is 17.7. The fourth-order valence-corrected chi connectivity index (χ4v) is 7.17. The molecule has 1 aliphatic heterocycles. The molecule has 0 saturated carbocycles. The van der Waals surface area contributed by atoms with Crippen molar-refractivity contribution < 1.29 is 14.3 Å². The Morgan fingerprint density at radius 2 is 1.84 bits per heavy atom. The van der Waals surface area contributed by atoms with Gasteiger partial charge in [0.15, 0.2) is 0 Å². The Labute approximate surface area is 227 Å². The van der Waals surface area contributed by atoms with E-state index in [1.165, 1.54) is 39.4 Å². The van der Waals surface area contributed by atoms with Gasteiger partial charge in [0.1, 0.15) is 16.5 Å². The highest BCUT2D eigenvalue weighted by Crippen LogP contribution is 2.44. The number of nitrogens with zero attached hydrogens (tertiary/aromatic N) is 2. The van der Waals surface area contributed by atoms with Crippen molar-refractivity contribution in [3.05, 3.63) is 93.6 Å². The molecule has 0 bridgehead atoms. The van der Waals surface area contributed by atoms with Crippen LogP contribution in [0.4, 0.5) is 10.5 Å². The summed E-state index contributed by atoms with van der Waals surface area (Å²) in [5.41, 5.74) is 6.83. The second-order valence-electron chi connectivity index (χ2n) is 9.92. The number of ether oxygens (including phenoxy) is 2. The van der Waals surface area contributed by atoms with Crippen molar-refractivity contribution in [1.82, 2.24) is 9.47 Å². The van der Waals surface area contributed by atoms with Crippen molar-refractivity contribution >= 4 is 23.1 Å². The number of urea groups is 1. The van der Waals surface area contributed by atoms with Gasteiger partial charge in [0.05, 0.1) is 38.2 Å². The zero-order valence-electron chi connectivity index (χ0n) is 22.1. The number of aryl methyl sites for hydroxylation is 2. The van der Waals surface area contributed by atoms with E-state index in [1.54, 1.807) is 20.3 Å². The quantitative estimate of drug-likeness (QED) is 0.300. The van der Waals surface area contributed by atoms with E-state index in [2.05, 4.69) is 59.4 Å². The highest BCUT2D eigenvalue weighted by molar-refractivity contribution is 7.15. The summed E-state index contributed by atoms with van der Waals surface area (Å²) < 4.78 is 13.3. The van der Waals surface area contributed by atoms with Gasteiger partial charge in [-0.1, -0.05) is 31.2 Å². The van der Waals surface area contributed by atoms with Gasteiger partial charge in [0, 0.05) is 22.7 Å². The van der Waals surface area contributed by atoms with Crippen LogP contribution in [0.1, 0.15) is 58.6 Å². The van der Waals surface area contributed by atoms with Gasteiger partial charge in [0.2, 0.25) is 0 Å². The zero-order chi connectivity index (χ0) is 26.2. The van der Waals surface area contributed by atoms with Gasteiger partial charge in [-0.3, -0.25) is 0 Å². The Morgan fingerprint density at radius 1 is 1.03 bits per heavy atom. The average molecular weight is 528 g/mol. The number of aromatic nitrogens is 1. The van der Waals surface area contributed by atoms with Crippen LogP contribution in [-0.2, 0) is 25.8 Å². The van der Waals surface area contributed by atoms with Crippen LogP contribution < -0.4 is 14.8 Å². The van der Waals surface area contributed by atoms with E-state index < -0.39 is 0 Å². The van der Waals surface area contributed by atoms with Crippen molar-refractivity contribution in [2.24, 2.45) is 0 Å². The standard InChI is InChI=1S/C31H33N3O3S/c1-4-20-11-13-21(14-12-20)29-26-9-7-17-33(26)30-24(23-8-5-6-10-28(23)38-30)19-34(29)31(35)32-25-16-15-22(36-2)18-27(25)37-3/h7,9,11-18,29H,4-6,8,10,19H2,1-3H3,(H,32,35)/t29-/m1/s1. The number of fused-ring (bicyclic) bond motifs is 5. The molecule has 2 amide bonds. The smallest absolute Gasteiger partial charge is 0.323 e. The van der Waals surface area contributed by atoms with Crippen molar-refractivity contribution in [3.8, 4) is 16.5 Å². The Morgan fingerprint density at radius 3 is 2.61 bits per heavy atom. The summed E-state index contributed by atoms with van der Waals surface area (Å²) in [6.45, 7) is 2.71. The minimum atomic E-state index is -0.237. The largest absolute Gasteiger partial charge is 0.497 e. The lowest BCUT2D eigenvalue weighted by Crippen LogP contribution is -2.38. The Balaban J connectivity index is 1.47. The van der Waals surface area contributed by atoms with Crippen LogP contribution in [0.5, 0.6) is 11.5 Å². The average Bonchev–Trinajstić information content (AvgIpc) is 3.55. The Bertz CT molecular complexity index is 1470. The molecule has 1 atom stereocenters. The summed E-state index contributed by atoms with van der Waals surface area (Å²) in [6.07, 6.45) is 7.77. The van der Waals surface area contributed by atoms with Crippen LogP contribution in [0.15, 0.2) is 60.8 Å². The van der Waals surface area contributed by atoms with Crippen molar-refractivity contribution in [2.75, 3.05) is 19.5 Å². The van der Waals surface area contributed by atoms with Gasteiger partial charge in [-0.15, -0.1) is 11.3 Å². The molecular weight excluding hydrogens is 494 g/mol. The first-order valence-electron chi connectivity index (χ1n) is 13.3. The second-order valence-corrected chi connectivity index (χ2v) is 11.0. The summed E-state index contributed by atoms with van der Waals surface area (Å²) in [6, 6.07) is 18.0. The number of nitrogens with one attached hydrogen (secondary N) is 1. The van der Waals surface area contributed by atoms with E-state index in [-0.39, 0.29) is 12.1 Å². The molecule has 6 rings (SSSR count). The molecule has 0 unspecified atom stereocenters. The molecule has 0 spiro atoms. The van der Waals surface area contributed by atoms with Crippen LogP contribution >= 0.6 is 11.3 Å². The molecule has 1 N–H and O–H groups in total. The van der Waals surface area contributed by atoms with E-state index in [9.17, 15) is 4.79 Å². The number of carbonyl (C=O) groups excluding carboxylic acids is 1. The van der Waals surface area contributed by atoms with Crippen LogP contribution in [0.25, 0.3) is 5.00 Å². The molecule has 0 fully saturated rings. The molecule has 1 aliphatic carbocycles. The SMILES string of the molecule is CCc1ccc([C@@H]2c3cccn3-c3sc4c(c3CN2C(=O)Nc2ccc(OC)cc2OC)CCCC4)cc1. The summed E-state index contributed by atoms with van der Waals surface area (Å²) >= 11 is 1.90. The number of hydrogen-bond acceptors (Lipinski definition) is 4. The van der Waals surface area contributed by atoms with Crippen LogP contribution in [0, 0.1) is 0 Å². The molecule has 0 radical (unpaired) electrons. The molecule has 6 nitrogen and oxygen atoms in total. The number of rotatable bonds is 5. The molecule has 0 saturated heterocycles. The fourth-order valence-electron chi connectivity index (χ4n) is 5.76. The van der Waals surface area contributed by atoms with Crippen molar-refractivity contribution in [1.29, 1.82) is 0 Å². The zero-order valence-corrected chi connectivity index (χ0v) is 22.9. The van der Waals surface area contributed by atoms with Crippen LogP contribution in [0.3, 0.4) is 0 Å². The number of thiophene rings is 1. The highest BCUT2D eigenvalue weighted by Gasteiger charge is 2.36. The molecule has 196 valence electrons. The number of amides is 2. The van der Waals surface area contributed by atoms with Gasteiger partial charge < -0.3 is 24.3 Å². The number of benzene rings is 2. The van der Waals surface area contributed by atoms with E-state index >= 15 is 0 Å². The van der Waals surface area contributed by atoms with Gasteiger partial charge in [-0.05, 0) is 73.1 Å². The predicted octanol–water partition coefficient (Wildman–Crippen LogP) is 7.13. The molecule has 2 aromatic carbocycles. The van der Waals surface area contributed by atoms with Gasteiger partial charge in [0.25, 0.3) is 0 Å². The lowest BCUT2D eigenvalue weighted by Gasteiger charge is -2.31. The Hall–Kier alpha value is -3.71. The Kier molecular flexibility index (Phi) is 6.62. The normalized spacial score (nSPS) is 16.2. The molecule has 7 heteroatoms. The first-order chi connectivity index (χ1) is 18.6. The van der Waals surface area contributed by atoms with E-state index in [0.717, 1.165) is 30.5 Å². The third-order valence-corrected chi connectivity index (χ3v) is 9.13. The third-order valence-electron chi connectivity index (χ3n) is 7.79. The topological polar surface area (TPSA) is 55.7 Å². The number of carbonyl (C=O) groups is 1. The monoisotopic (exact) mass is 527 g/mol. The summed E-state index contributed by atoms with van der Waals surface area (Å²) in [5, 5.41) is 4.41. The molecular formula is C31H33N3O3S. The van der Waals surface area contributed by atoms with Crippen LogP contribution in [0.2, 0.25) is 0 Å². The number of methoxy groups -OCH3 is 2. The molecule has 2 aromatic heterocycles. The minimum Gasteiger partial charge on any atom is -0.497 e.